The third kappa shape index (κ3) is 4.87. The molecule has 1 aromatic carbocycles. The summed E-state index contributed by atoms with van der Waals surface area (Å²) < 4.78 is 12.6. The zero-order chi connectivity index (χ0) is 25.6. The predicted molar refractivity (Wildman–Crippen MR) is 138 cm³/mol. The molecule has 3 aromatic rings. The number of amides is 2. The molecule has 1 saturated heterocycles. The minimum atomic E-state index is -0.654. The number of carbonyl (C=O) groups excluding carboxylic acids is 2. The Bertz CT molecular complexity index is 1330. The molecule has 0 radical (unpaired) electrons. The summed E-state index contributed by atoms with van der Waals surface area (Å²) in [5.74, 6) is 0.548. The van der Waals surface area contributed by atoms with Gasteiger partial charge in [-0.15, -0.1) is 11.3 Å². The van der Waals surface area contributed by atoms with Gasteiger partial charge in [0, 0.05) is 65.4 Å². The van der Waals surface area contributed by atoms with Crippen LogP contribution in [-0.2, 0) is 22.6 Å². The van der Waals surface area contributed by atoms with Gasteiger partial charge in [-0.05, 0) is 45.0 Å². The maximum absolute atomic E-state index is 13.4. The Hall–Kier alpha value is -2.88. The van der Waals surface area contributed by atoms with Gasteiger partial charge >= 0.3 is 6.09 Å². The summed E-state index contributed by atoms with van der Waals surface area (Å²) in [4.78, 5) is 34.3. The fourth-order valence-electron chi connectivity index (χ4n) is 4.58. The van der Waals surface area contributed by atoms with Crippen LogP contribution in [-0.4, -0.2) is 69.8 Å². The van der Waals surface area contributed by atoms with Gasteiger partial charge in [-0.25, -0.2) is 4.79 Å². The summed E-state index contributed by atoms with van der Waals surface area (Å²) in [6, 6.07) is 7.47. The van der Waals surface area contributed by atoms with Crippen LogP contribution < -0.4 is 4.74 Å². The first-order valence-electron chi connectivity index (χ1n) is 11.9. The molecule has 2 aliphatic rings. The molecule has 1 fully saturated rings. The quantitative estimate of drug-likeness (QED) is 0.537. The molecule has 0 aliphatic carbocycles. The SMILES string of the molecule is CC(C)(C)OC(=O)N1CCN(C(=O)C2Cc3cc(Cl)cc(-c4ccnc5cc(CO)sc45)c3O2)CC1. The summed E-state index contributed by atoms with van der Waals surface area (Å²) in [5.41, 5.74) is 2.83. The fourth-order valence-corrected chi connectivity index (χ4v) is 5.82. The van der Waals surface area contributed by atoms with Gasteiger partial charge in [0.05, 0.1) is 16.8 Å². The first kappa shape index (κ1) is 24.8. The lowest BCUT2D eigenvalue weighted by atomic mass is 10.0. The molecule has 0 saturated carbocycles. The van der Waals surface area contributed by atoms with Gasteiger partial charge in [0.15, 0.2) is 6.10 Å². The van der Waals surface area contributed by atoms with Crippen LogP contribution in [0.1, 0.15) is 31.2 Å². The summed E-state index contributed by atoms with van der Waals surface area (Å²) in [6.07, 6.45) is 1.13. The normalized spacial score (nSPS) is 17.8. The summed E-state index contributed by atoms with van der Waals surface area (Å²) >= 11 is 7.95. The number of pyridine rings is 1. The molecule has 2 aliphatic heterocycles. The van der Waals surface area contributed by atoms with Crippen molar-refractivity contribution in [2.45, 2.75) is 45.5 Å². The number of hydrogen-bond donors (Lipinski definition) is 1. The van der Waals surface area contributed by atoms with E-state index in [9.17, 15) is 14.7 Å². The van der Waals surface area contributed by atoms with E-state index >= 15 is 0 Å². The maximum atomic E-state index is 13.4. The Morgan fingerprint density at radius 1 is 1.17 bits per heavy atom. The van der Waals surface area contributed by atoms with Crippen LogP contribution in [0.2, 0.25) is 5.02 Å². The monoisotopic (exact) mass is 529 g/mol. The Morgan fingerprint density at radius 2 is 1.89 bits per heavy atom. The molecule has 8 nitrogen and oxygen atoms in total. The van der Waals surface area contributed by atoms with E-state index in [4.69, 9.17) is 21.1 Å². The van der Waals surface area contributed by atoms with E-state index in [-0.39, 0.29) is 18.6 Å². The van der Waals surface area contributed by atoms with E-state index in [1.807, 2.05) is 45.0 Å². The molecule has 0 bridgehead atoms. The van der Waals surface area contributed by atoms with Crippen molar-refractivity contribution in [1.82, 2.24) is 14.8 Å². The number of aromatic nitrogens is 1. The molecule has 5 rings (SSSR count). The van der Waals surface area contributed by atoms with Crippen molar-refractivity contribution in [3.8, 4) is 16.9 Å². The molecule has 0 spiro atoms. The second-order valence-corrected chi connectivity index (χ2v) is 11.6. The molecule has 2 amide bonds. The van der Waals surface area contributed by atoms with Gasteiger partial charge in [0.1, 0.15) is 11.4 Å². The van der Waals surface area contributed by atoms with E-state index in [0.29, 0.717) is 43.4 Å². The number of thiophene rings is 1. The number of piperazine rings is 1. The molecule has 1 atom stereocenters. The average molecular weight is 530 g/mol. The first-order chi connectivity index (χ1) is 17.1. The lowest BCUT2D eigenvalue weighted by Gasteiger charge is -2.36. The highest BCUT2D eigenvalue weighted by molar-refractivity contribution is 7.19. The van der Waals surface area contributed by atoms with Gasteiger partial charge in [-0.2, -0.15) is 0 Å². The second-order valence-electron chi connectivity index (χ2n) is 9.99. The van der Waals surface area contributed by atoms with Crippen LogP contribution in [0.15, 0.2) is 30.5 Å². The highest BCUT2D eigenvalue weighted by Crippen LogP contribution is 2.44. The topological polar surface area (TPSA) is 92.2 Å². The lowest BCUT2D eigenvalue weighted by Crippen LogP contribution is -2.54. The smallest absolute Gasteiger partial charge is 0.410 e. The van der Waals surface area contributed by atoms with E-state index in [1.54, 1.807) is 16.0 Å². The van der Waals surface area contributed by atoms with Gasteiger partial charge in [0.25, 0.3) is 5.91 Å². The zero-order valence-corrected chi connectivity index (χ0v) is 22.0. The van der Waals surface area contributed by atoms with Crippen molar-refractivity contribution in [2.24, 2.45) is 0 Å². The van der Waals surface area contributed by atoms with Crippen molar-refractivity contribution < 1.29 is 24.2 Å². The summed E-state index contributed by atoms with van der Waals surface area (Å²) in [5, 5.41) is 10.1. The minimum absolute atomic E-state index is 0.0532. The Kier molecular flexibility index (Phi) is 6.57. The molecule has 10 heteroatoms. The molecule has 1 unspecified atom stereocenters. The average Bonchev–Trinajstić information content (AvgIpc) is 3.46. The van der Waals surface area contributed by atoms with Crippen LogP contribution in [0.3, 0.4) is 0 Å². The number of aliphatic hydroxyl groups is 1. The number of ether oxygens (including phenoxy) is 2. The number of aliphatic hydroxyl groups excluding tert-OH is 1. The van der Waals surface area contributed by atoms with E-state index in [1.165, 1.54) is 11.3 Å². The summed E-state index contributed by atoms with van der Waals surface area (Å²) in [6.45, 7) is 7.13. The number of hydrogen-bond acceptors (Lipinski definition) is 7. The highest BCUT2D eigenvalue weighted by atomic mass is 35.5. The maximum Gasteiger partial charge on any atom is 0.410 e. The van der Waals surface area contributed by atoms with Gasteiger partial charge < -0.3 is 24.4 Å². The van der Waals surface area contributed by atoms with Crippen LogP contribution in [0.5, 0.6) is 5.75 Å². The molecule has 2 aromatic heterocycles. The standard InChI is InChI=1S/C26H28ClN3O5S/c1-26(2,3)35-25(33)30-8-6-29(7-9-30)24(32)21-11-15-10-16(27)12-19(22(15)34-21)18-4-5-28-20-13-17(14-31)36-23(18)20/h4-5,10,12-13,21,31H,6-9,11,14H2,1-3H3. The van der Waals surface area contributed by atoms with Crippen molar-refractivity contribution >= 4 is 45.2 Å². The largest absolute Gasteiger partial charge is 0.479 e. The number of carbonyl (C=O) groups is 2. The fraction of sp³-hybridized carbons (Fsp3) is 0.423. The van der Waals surface area contributed by atoms with Crippen LogP contribution >= 0.6 is 22.9 Å². The molecular weight excluding hydrogens is 502 g/mol. The Morgan fingerprint density at radius 3 is 2.58 bits per heavy atom. The number of fused-ring (bicyclic) bond motifs is 2. The van der Waals surface area contributed by atoms with Gasteiger partial charge in [-0.1, -0.05) is 11.6 Å². The number of halogens is 1. The van der Waals surface area contributed by atoms with Gasteiger partial charge in [0.2, 0.25) is 0 Å². The lowest BCUT2D eigenvalue weighted by molar-refractivity contribution is -0.139. The minimum Gasteiger partial charge on any atom is -0.479 e. The molecule has 4 heterocycles. The Balaban J connectivity index is 1.33. The molecule has 1 N–H and O–H groups in total. The third-order valence-electron chi connectivity index (χ3n) is 6.22. The first-order valence-corrected chi connectivity index (χ1v) is 13.1. The van der Waals surface area contributed by atoms with Crippen molar-refractivity contribution in [3.63, 3.8) is 0 Å². The van der Waals surface area contributed by atoms with E-state index < -0.39 is 11.7 Å². The predicted octanol–water partition coefficient (Wildman–Crippen LogP) is 4.49. The molecule has 36 heavy (non-hydrogen) atoms. The number of nitrogens with zero attached hydrogens (tertiary/aromatic N) is 3. The number of benzene rings is 1. The summed E-state index contributed by atoms with van der Waals surface area (Å²) in [7, 11) is 0. The molecular formula is C26H28ClN3O5S. The van der Waals surface area contributed by atoms with Crippen molar-refractivity contribution in [3.05, 3.63) is 45.9 Å². The van der Waals surface area contributed by atoms with Crippen LogP contribution in [0, 0.1) is 0 Å². The van der Waals surface area contributed by atoms with Crippen LogP contribution in [0.4, 0.5) is 4.79 Å². The van der Waals surface area contributed by atoms with Gasteiger partial charge in [-0.3, -0.25) is 9.78 Å². The van der Waals surface area contributed by atoms with E-state index in [2.05, 4.69) is 4.98 Å². The van der Waals surface area contributed by atoms with E-state index in [0.717, 1.165) is 31.8 Å². The number of rotatable bonds is 3. The second kappa shape index (κ2) is 9.53. The molecule has 190 valence electrons. The third-order valence-corrected chi connectivity index (χ3v) is 7.58. The highest BCUT2D eigenvalue weighted by Gasteiger charge is 2.36. The zero-order valence-electron chi connectivity index (χ0n) is 20.4. The van der Waals surface area contributed by atoms with Crippen molar-refractivity contribution in [2.75, 3.05) is 26.2 Å². The van der Waals surface area contributed by atoms with Crippen molar-refractivity contribution in [1.29, 1.82) is 0 Å². The Labute approximate surface area is 218 Å². The van der Waals surface area contributed by atoms with Crippen LogP contribution in [0.25, 0.3) is 21.3 Å².